The predicted molar refractivity (Wildman–Crippen MR) is 90.5 cm³/mol. The van der Waals surface area contributed by atoms with E-state index in [1.54, 1.807) is 25.3 Å². The summed E-state index contributed by atoms with van der Waals surface area (Å²) >= 11 is 5.86. The molecular weight excluding hydrogens is 298 g/mol. The summed E-state index contributed by atoms with van der Waals surface area (Å²) < 4.78 is 5.32. The van der Waals surface area contributed by atoms with Crippen molar-refractivity contribution in [3.63, 3.8) is 0 Å². The van der Waals surface area contributed by atoms with Gasteiger partial charge in [-0.2, -0.15) is 5.11 Å². The van der Waals surface area contributed by atoms with Crippen LogP contribution < -0.4 is 10.5 Å². The number of azo groups is 1. The minimum absolute atomic E-state index is 0.587. The van der Waals surface area contributed by atoms with E-state index >= 15 is 0 Å². The van der Waals surface area contributed by atoms with E-state index in [1.807, 2.05) is 36.4 Å². The molecular formula is C17H14ClN3O. The Morgan fingerprint density at radius 2 is 1.64 bits per heavy atom. The summed E-state index contributed by atoms with van der Waals surface area (Å²) in [6.07, 6.45) is 0. The molecule has 3 aromatic rings. The zero-order valence-electron chi connectivity index (χ0n) is 12.0. The van der Waals surface area contributed by atoms with Gasteiger partial charge >= 0.3 is 0 Å². The summed E-state index contributed by atoms with van der Waals surface area (Å²) in [5.74, 6) is 0.587. The molecule has 0 bridgehead atoms. The summed E-state index contributed by atoms with van der Waals surface area (Å²) in [7, 11) is 1.58. The molecule has 22 heavy (non-hydrogen) atoms. The zero-order valence-corrected chi connectivity index (χ0v) is 12.7. The number of hydrogen-bond acceptors (Lipinski definition) is 4. The lowest BCUT2D eigenvalue weighted by molar-refractivity contribution is 0.417. The molecule has 0 aliphatic heterocycles. The molecule has 0 amide bonds. The molecule has 0 unspecified atom stereocenters. The van der Waals surface area contributed by atoms with Gasteiger partial charge in [0.1, 0.15) is 5.75 Å². The molecule has 0 fully saturated rings. The van der Waals surface area contributed by atoms with Crippen LogP contribution in [0.15, 0.2) is 64.8 Å². The molecule has 0 aromatic heterocycles. The van der Waals surface area contributed by atoms with Crippen molar-refractivity contribution in [1.82, 2.24) is 0 Å². The molecule has 2 N–H and O–H groups in total. The van der Waals surface area contributed by atoms with E-state index in [-0.39, 0.29) is 0 Å². The number of hydrogen-bond donors (Lipinski definition) is 1. The molecule has 0 aliphatic carbocycles. The number of rotatable bonds is 3. The van der Waals surface area contributed by atoms with Gasteiger partial charge in [0, 0.05) is 21.9 Å². The van der Waals surface area contributed by atoms with Crippen LogP contribution >= 0.6 is 11.6 Å². The van der Waals surface area contributed by atoms with E-state index in [1.165, 1.54) is 0 Å². The molecule has 0 radical (unpaired) electrons. The van der Waals surface area contributed by atoms with Gasteiger partial charge < -0.3 is 10.5 Å². The highest BCUT2D eigenvalue weighted by atomic mass is 35.5. The van der Waals surface area contributed by atoms with Crippen LogP contribution in [0.3, 0.4) is 0 Å². The molecule has 0 aliphatic rings. The first-order valence-electron chi connectivity index (χ1n) is 6.71. The lowest BCUT2D eigenvalue weighted by Crippen LogP contribution is -1.93. The Hall–Kier alpha value is -2.59. The molecule has 3 rings (SSSR count). The second-order valence-corrected chi connectivity index (χ2v) is 5.17. The van der Waals surface area contributed by atoms with Crippen molar-refractivity contribution < 1.29 is 4.74 Å². The Morgan fingerprint density at radius 3 is 2.32 bits per heavy atom. The third-order valence-corrected chi connectivity index (χ3v) is 3.60. The fourth-order valence-electron chi connectivity index (χ4n) is 2.22. The van der Waals surface area contributed by atoms with Crippen LogP contribution in [0.2, 0.25) is 5.02 Å². The Bertz CT molecular complexity index is 844. The largest absolute Gasteiger partial charge is 0.494 e. The van der Waals surface area contributed by atoms with Crippen molar-refractivity contribution in [2.45, 2.75) is 0 Å². The Labute approximate surface area is 133 Å². The molecule has 4 nitrogen and oxygen atoms in total. The Morgan fingerprint density at radius 1 is 0.955 bits per heavy atom. The SMILES string of the molecule is COc1cc(N=Nc2ccc(Cl)cc2)c2ccccc2c1N. The zero-order chi connectivity index (χ0) is 15.5. The van der Waals surface area contributed by atoms with Crippen molar-refractivity contribution in [3.05, 3.63) is 59.6 Å². The fraction of sp³-hybridized carbons (Fsp3) is 0.0588. The average molecular weight is 312 g/mol. The topological polar surface area (TPSA) is 60.0 Å². The lowest BCUT2D eigenvalue weighted by atomic mass is 10.1. The molecule has 0 atom stereocenters. The van der Waals surface area contributed by atoms with E-state index in [0.717, 1.165) is 16.5 Å². The second kappa shape index (κ2) is 6.03. The number of nitrogen functional groups attached to an aromatic ring is 1. The van der Waals surface area contributed by atoms with Crippen LogP contribution in [0, 0.1) is 0 Å². The van der Waals surface area contributed by atoms with Gasteiger partial charge in [-0.3, -0.25) is 0 Å². The molecule has 5 heteroatoms. The van der Waals surface area contributed by atoms with Crippen LogP contribution in [0.25, 0.3) is 10.8 Å². The Balaban J connectivity index is 2.10. The van der Waals surface area contributed by atoms with Crippen LogP contribution in [0.4, 0.5) is 17.1 Å². The van der Waals surface area contributed by atoms with E-state index in [0.29, 0.717) is 22.1 Å². The number of nitrogens with zero attached hydrogens (tertiary/aromatic N) is 2. The number of halogens is 1. The monoisotopic (exact) mass is 311 g/mol. The first-order chi connectivity index (χ1) is 10.7. The summed E-state index contributed by atoms with van der Waals surface area (Å²) in [5.41, 5.74) is 8.14. The lowest BCUT2D eigenvalue weighted by Gasteiger charge is -2.10. The third-order valence-electron chi connectivity index (χ3n) is 3.35. The van der Waals surface area contributed by atoms with Crippen molar-refractivity contribution in [1.29, 1.82) is 0 Å². The molecule has 110 valence electrons. The van der Waals surface area contributed by atoms with E-state index in [4.69, 9.17) is 22.1 Å². The normalized spacial score (nSPS) is 11.2. The highest BCUT2D eigenvalue weighted by Gasteiger charge is 2.09. The van der Waals surface area contributed by atoms with Gasteiger partial charge in [0.05, 0.1) is 24.2 Å². The van der Waals surface area contributed by atoms with Gasteiger partial charge in [0.15, 0.2) is 0 Å². The maximum Gasteiger partial charge on any atom is 0.144 e. The Kier molecular flexibility index (Phi) is 3.94. The van der Waals surface area contributed by atoms with E-state index < -0.39 is 0 Å². The van der Waals surface area contributed by atoms with Crippen LogP contribution in [0.5, 0.6) is 5.75 Å². The van der Waals surface area contributed by atoms with Gasteiger partial charge in [0.25, 0.3) is 0 Å². The van der Waals surface area contributed by atoms with E-state index in [9.17, 15) is 0 Å². The predicted octanol–water partition coefficient (Wildman–Crippen LogP) is 5.50. The van der Waals surface area contributed by atoms with Crippen LogP contribution in [0.1, 0.15) is 0 Å². The highest BCUT2D eigenvalue weighted by molar-refractivity contribution is 6.30. The minimum Gasteiger partial charge on any atom is -0.494 e. The van der Waals surface area contributed by atoms with Crippen LogP contribution in [-0.4, -0.2) is 7.11 Å². The number of nitrogens with two attached hydrogens (primary N) is 1. The van der Waals surface area contributed by atoms with Crippen molar-refractivity contribution >= 4 is 39.4 Å². The summed E-state index contributed by atoms with van der Waals surface area (Å²) in [4.78, 5) is 0. The van der Waals surface area contributed by atoms with Gasteiger partial charge in [0.2, 0.25) is 0 Å². The molecule has 0 spiro atoms. The molecule has 0 heterocycles. The number of ether oxygens (including phenoxy) is 1. The number of methoxy groups -OCH3 is 1. The molecule has 0 saturated heterocycles. The standard InChI is InChI=1S/C17H14ClN3O/c1-22-16-10-15(13-4-2-3-5-14(13)17(16)19)21-20-12-8-6-11(18)7-9-12/h2-10H,19H2,1H3. The smallest absolute Gasteiger partial charge is 0.144 e. The van der Waals surface area contributed by atoms with Gasteiger partial charge in [-0.1, -0.05) is 35.9 Å². The summed E-state index contributed by atoms with van der Waals surface area (Å²) in [5, 5.41) is 11.1. The summed E-state index contributed by atoms with van der Waals surface area (Å²) in [6, 6.07) is 16.7. The third kappa shape index (κ3) is 2.73. The first-order valence-corrected chi connectivity index (χ1v) is 7.09. The maximum absolute atomic E-state index is 6.11. The first kappa shape index (κ1) is 14.4. The van der Waals surface area contributed by atoms with Gasteiger partial charge in [-0.05, 0) is 24.3 Å². The van der Waals surface area contributed by atoms with E-state index in [2.05, 4.69) is 10.2 Å². The second-order valence-electron chi connectivity index (χ2n) is 4.73. The molecule has 0 saturated carbocycles. The van der Waals surface area contributed by atoms with Gasteiger partial charge in [-0.25, -0.2) is 0 Å². The fourth-order valence-corrected chi connectivity index (χ4v) is 2.35. The summed E-state index contributed by atoms with van der Waals surface area (Å²) in [6.45, 7) is 0. The number of anilines is 1. The molecule has 3 aromatic carbocycles. The van der Waals surface area contributed by atoms with Gasteiger partial charge in [-0.15, -0.1) is 5.11 Å². The van der Waals surface area contributed by atoms with Crippen molar-refractivity contribution in [2.75, 3.05) is 12.8 Å². The van der Waals surface area contributed by atoms with Crippen LogP contribution in [-0.2, 0) is 0 Å². The maximum atomic E-state index is 6.11. The number of fused-ring (bicyclic) bond motifs is 1. The van der Waals surface area contributed by atoms with Crippen molar-refractivity contribution in [3.8, 4) is 5.75 Å². The average Bonchev–Trinajstić information content (AvgIpc) is 2.56. The quantitative estimate of drug-likeness (QED) is 0.513. The number of benzene rings is 3. The highest BCUT2D eigenvalue weighted by Crippen LogP contribution is 2.38. The minimum atomic E-state index is 0.587. The van der Waals surface area contributed by atoms with Crippen molar-refractivity contribution in [2.24, 2.45) is 10.2 Å².